The predicted octanol–water partition coefficient (Wildman–Crippen LogP) is 2.94. The van der Waals surface area contributed by atoms with Crippen LogP contribution in [0.3, 0.4) is 0 Å². The molecule has 0 saturated heterocycles. The molecule has 1 fully saturated rings. The number of fused-ring (bicyclic) bond motifs is 1. The molecule has 2 aromatic rings. The fraction of sp³-hybridized carbons (Fsp3) is 0.533. The molecule has 0 bridgehead atoms. The van der Waals surface area contributed by atoms with Crippen molar-refractivity contribution in [2.45, 2.75) is 37.8 Å². The largest absolute Gasteiger partial charge is 0.385 e. The Kier molecular flexibility index (Phi) is 3.72. The summed E-state index contributed by atoms with van der Waals surface area (Å²) in [5, 5.41) is 0. The molecular weight excluding hydrogens is 257 g/mol. The van der Waals surface area contributed by atoms with Crippen LogP contribution in [0, 0.1) is 5.82 Å². The molecule has 20 heavy (non-hydrogen) atoms. The van der Waals surface area contributed by atoms with E-state index in [1.165, 1.54) is 6.07 Å². The second-order valence-electron chi connectivity index (χ2n) is 5.45. The van der Waals surface area contributed by atoms with Crippen molar-refractivity contribution < 1.29 is 9.13 Å². The van der Waals surface area contributed by atoms with Crippen LogP contribution in [0.2, 0.25) is 0 Å². The molecule has 108 valence electrons. The summed E-state index contributed by atoms with van der Waals surface area (Å²) < 4.78 is 20.7. The molecule has 1 aromatic carbocycles. The lowest BCUT2D eigenvalue weighted by Gasteiger charge is -2.14. The van der Waals surface area contributed by atoms with Crippen LogP contribution < -0.4 is 5.73 Å². The SMILES string of the molecule is COCCCC(N)c1nc2ccc(F)cc2n1C1CC1. The van der Waals surface area contributed by atoms with E-state index in [2.05, 4.69) is 9.55 Å². The number of hydrogen-bond donors (Lipinski definition) is 1. The van der Waals surface area contributed by atoms with Crippen molar-refractivity contribution in [3.63, 3.8) is 0 Å². The van der Waals surface area contributed by atoms with E-state index in [9.17, 15) is 4.39 Å². The highest BCUT2D eigenvalue weighted by Gasteiger charge is 2.30. The summed E-state index contributed by atoms with van der Waals surface area (Å²) in [6.07, 6.45) is 3.98. The van der Waals surface area contributed by atoms with Gasteiger partial charge in [-0.15, -0.1) is 0 Å². The van der Waals surface area contributed by atoms with Crippen molar-refractivity contribution in [1.82, 2.24) is 9.55 Å². The van der Waals surface area contributed by atoms with Crippen LogP contribution >= 0.6 is 0 Å². The van der Waals surface area contributed by atoms with E-state index in [1.807, 2.05) is 0 Å². The van der Waals surface area contributed by atoms with E-state index in [-0.39, 0.29) is 11.9 Å². The van der Waals surface area contributed by atoms with Gasteiger partial charge in [-0.05, 0) is 43.9 Å². The van der Waals surface area contributed by atoms with Crippen LogP contribution in [0.25, 0.3) is 11.0 Å². The topological polar surface area (TPSA) is 53.1 Å². The number of nitrogens with zero attached hydrogens (tertiary/aromatic N) is 2. The molecule has 0 radical (unpaired) electrons. The molecule has 1 atom stereocenters. The number of ether oxygens (including phenoxy) is 1. The molecule has 0 aliphatic heterocycles. The zero-order valence-electron chi connectivity index (χ0n) is 11.7. The van der Waals surface area contributed by atoms with Gasteiger partial charge in [0.05, 0.1) is 17.1 Å². The first-order valence-electron chi connectivity index (χ1n) is 7.12. The molecule has 4 nitrogen and oxygen atoms in total. The molecule has 0 amide bonds. The third-order valence-electron chi connectivity index (χ3n) is 3.79. The summed E-state index contributed by atoms with van der Waals surface area (Å²) in [5.74, 6) is 0.656. The van der Waals surface area contributed by atoms with Gasteiger partial charge in [-0.3, -0.25) is 0 Å². The Morgan fingerprint density at radius 2 is 2.30 bits per heavy atom. The molecule has 1 saturated carbocycles. The lowest BCUT2D eigenvalue weighted by molar-refractivity contribution is 0.190. The number of hydrogen-bond acceptors (Lipinski definition) is 3. The maximum Gasteiger partial charge on any atom is 0.127 e. The second kappa shape index (κ2) is 5.50. The molecule has 1 aliphatic carbocycles. The van der Waals surface area contributed by atoms with Gasteiger partial charge in [-0.25, -0.2) is 9.37 Å². The standard InChI is InChI=1S/C15H20FN3O/c1-20-8-2-3-12(17)15-18-13-7-4-10(16)9-14(13)19(15)11-5-6-11/h4,7,9,11-12H,2-3,5-6,8,17H2,1H3. The minimum atomic E-state index is -0.223. The number of nitrogens with two attached hydrogens (primary N) is 1. The number of benzene rings is 1. The Balaban J connectivity index is 1.95. The molecule has 0 spiro atoms. The average Bonchev–Trinajstić information content (AvgIpc) is 3.19. The third-order valence-corrected chi connectivity index (χ3v) is 3.79. The zero-order valence-corrected chi connectivity index (χ0v) is 11.7. The third kappa shape index (κ3) is 2.55. The Morgan fingerprint density at radius 3 is 3.00 bits per heavy atom. The van der Waals surface area contributed by atoms with Crippen LogP contribution in [-0.4, -0.2) is 23.3 Å². The fourth-order valence-electron chi connectivity index (χ4n) is 2.64. The molecule has 3 rings (SSSR count). The monoisotopic (exact) mass is 277 g/mol. The number of halogens is 1. The van der Waals surface area contributed by atoms with Crippen LogP contribution in [-0.2, 0) is 4.74 Å². The molecule has 5 heteroatoms. The highest BCUT2D eigenvalue weighted by molar-refractivity contribution is 5.76. The van der Waals surface area contributed by atoms with Crippen LogP contribution in [0.4, 0.5) is 4.39 Å². The number of imidazole rings is 1. The Hall–Kier alpha value is -1.46. The summed E-state index contributed by atoms with van der Waals surface area (Å²) in [6.45, 7) is 0.700. The lowest BCUT2D eigenvalue weighted by Crippen LogP contribution is -2.17. The average molecular weight is 277 g/mol. The Morgan fingerprint density at radius 1 is 1.50 bits per heavy atom. The van der Waals surface area contributed by atoms with Crippen LogP contribution in [0.15, 0.2) is 18.2 Å². The maximum absolute atomic E-state index is 13.5. The van der Waals surface area contributed by atoms with Crippen molar-refractivity contribution in [2.75, 3.05) is 13.7 Å². The number of rotatable bonds is 6. The van der Waals surface area contributed by atoms with Gasteiger partial charge < -0.3 is 15.0 Å². The van der Waals surface area contributed by atoms with Gasteiger partial charge in [0.2, 0.25) is 0 Å². The van der Waals surface area contributed by atoms with Crippen molar-refractivity contribution in [2.24, 2.45) is 5.73 Å². The van der Waals surface area contributed by atoms with Gasteiger partial charge >= 0.3 is 0 Å². The normalized spacial score (nSPS) is 16.8. The summed E-state index contributed by atoms with van der Waals surface area (Å²) in [4.78, 5) is 4.62. The van der Waals surface area contributed by atoms with E-state index in [0.717, 1.165) is 42.5 Å². The summed E-state index contributed by atoms with van der Waals surface area (Å²) in [5.41, 5.74) is 7.97. The minimum absolute atomic E-state index is 0.124. The quantitative estimate of drug-likeness (QED) is 0.826. The molecular formula is C15H20FN3O. The Labute approximate surface area is 117 Å². The maximum atomic E-state index is 13.5. The van der Waals surface area contributed by atoms with E-state index in [0.29, 0.717) is 12.6 Å². The number of methoxy groups -OCH3 is 1. The second-order valence-corrected chi connectivity index (χ2v) is 5.45. The van der Waals surface area contributed by atoms with E-state index in [4.69, 9.17) is 10.5 Å². The first-order chi connectivity index (χ1) is 9.70. The first kappa shape index (κ1) is 13.5. The minimum Gasteiger partial charge on any atom is -0.385 e. The molecule has 2 N–H and O–H groups in total. The highest BCUT2D eigenvalue weighted by atomic mass is 19.1. The fourth-order valence-corrected chi connectivity index (χ4v) is 2.64. The molecule has 1 unspecified atom stereocenters. The van der Waals surface area contributed by atoms with E-state index < -0.39 is 0 Å². The van der Waals surface area contributed by atoms with Crippen molar-refractivity contribution >= 4 is 11.0 Å². The van der Waals surface area contributed by atoms with Gasteiger partial charge in [-0.1, -0.05) is 0 Å². The molecule has 1 aromatic heterocycles. The van der Waals surface area contributed by atoms with Crippen molar-refractivity contribution in [3.05, 3.63) is 29.8 Å². The van der Waals surface area contributed by atoms with Crippen LogP contribution in [0.1, 0.15) is 43.6 Å². The zero-order chi connectivity index (χ0) is 14.1. The predicted molar refractivity (Wildman–Crippen MR) is 76.0 cm³/mol. The first-order valence-corrected chi connectivity index (χ1v) is 7.12. The highest BCUT2D eigenvalue weighted by Crippen LogP contribution is 2.40. The Bertz CT molecular complexity index is 606. The van der Waals surface area contributed by atoms with E-state index in [1.54, 1.807) is 19.2 Å². The molecule has 1 aliphatic rings. The van der Waals surface area contributed by atoms with Crippen molar-refractivity contribution in [1.29, 1.82) is 0 Å². The van der Waals surface area contributed by atoms with Gasteiger partial charge in [0.1, 0.15) is 11.6 Å². The lowest BCUT2D eigenvalue weighted by atomic mass is 10.1. The van der Waals surface area contributed by atoms with Gasteiger partial charge in [0.25, 0.3) is 0 Å². The van der Waals surface area contributed by atoms with Crippen molar-refractivity contribution in [3.8, 4) is 0 Å². The van der Waals surface area contributed by atoms with E-state index >= 15 is 0 Å². The van der Waals surface area contributed by atoms with Crippen LogP contribution in [0.5, 0.6) is 0 Å². The summed E-state index contributed by atoms with van der Waals surface area (Å²) >= 11 is 0. The molecule has 1 heterocycles. The smallest absolute Gasteiger partial charge is 0.127 e. The summed E-state index contributed by atoms with van der Waals surface area (Å²) in [6, 6.07) is 5.06. The van der Waals surface area contributed by atoms with Gasteiger partial charge in [0.15, 0.2) is 0 Å². The summed E-state index contributed by atoms with van der Waals surface area (Å²) in [7, 11) is 1.69. The number of aromatic nitrogens is 2. The van der Waals surface area contributed by atoms with Gasteiger partial charge in [-0.2, -0.15) is 0 Å². The van der Waals surface area contributed by atoms with Gasteiger partial charge in [0, 0.05) is 19.8 Å².